The van der Waals surface area contributed by atoms with E-state index < -0.39 is 0 Å². The van der Waals surface area contributed by atoms with Gasteiger partial charge in [-0.3, -0.25) is 4.98 Å². The molecule has 0 unspecified atom stereocenters. The van der Waals surface area contributed by atoms with Crippen LogP contribution in [0.2, 0.25) is 0 Å². The molecule has 1 aromatic carbocycles. The molecule has 1 aromatic heterocycles. The summed E-state index contributed by atoms with van der Waals surface area (Å²) < 4.78 is 18.8. The normalized spacial score (nSPS) is 10.5. The number of aromatic nitrogens is 1. The van der Waals surface area contributed by atoms with Crippen molar-refractivity contribution in [1.29, 1.82) is 0 Å². The quantitative estimate of drug-likeness (QED) is 0.888. The molecule has 2 rings (SSSR count). The van der Waals surface area contributed by atoms with E-state index in [1.807, 2.05) is 6.07 Å². The Kier molecular flexibility index (Phi) is 4.06. The van der Waals surface area contributed by atoms with Crippen LogP contribution in [0.5, 0.6) is 5.75 Å². The molecule has 5 heteroatoms. The molecule has 17 heavy (non-hydrogen) atoms. The van der Waals surface area contributed by atoms with E-state index in [4.69, 9.17) is 10.5 Å². The van der Waals surface area contributed by atoms with Crippen LogP contribution in [-0.4, -0.2) is 11.5 Å². The summed E-state index contributed by atoms with van der Waals surface area (Å²) in [5, 5.41) is 0. The van der Waals surface area contributed by atoms with E-state index in [1.54, 1.807) is 11.7 Å². The predicted octanol–water partition coefficient (Wildman–Crippen LogP) is 2.36. The number of benzene rings is 1. The van der Waals surface area contributed by atoms with Gasteiger partial charge < -0.3 is 10.5 Å². The van der Waals surface area contributed by atoms with Crippen molar-refractivity contribution >= 4 is 11.3 Å². The minimum Gasteiger partial charge on any atom is -0.488 e. The first-order valence-electron chi connectivity index (χ1n) is 5.27. The Labute approximate surface area is 103 Å². The van der Waals surface area contributed by atoms with Crippen molar-refractivity contribution in [1.82, 2.24) is 4.98 Å². The van der Waals surface area contributed by atoms with Crippen LogP contribution in [0, 0.1) is 5.82 Å². The fraction of sp³-hybridized carbons (Fsp3) is 0.250. The topological polar surface area (TPSA) is 48.1 Å². The zero-order valence-electron chi connectivity index (χ0n) is 9.23. The number of halogens is 1. The lowest BCUT2D eigenvalue weighted by Crippen LogP contribution is -2.03. The molecule has 0 radical (unpaired) electrons. The van der Waals surface area contributed by atoms with Gasteiger partial charge in [-0.2, -0.15) is 0 Å². The smallest absolute Gasteiger partial charge is 0.127 e. The van der Waals surface area contributed by atoms with Crippen molar-refractivity contribution in [3.63, 3.8) is 0 Å². The van der Waals surface area contributed by atoms with E-state index in [9.17, 15) is 4.39 Å². The summed E-state index contributed by atoms with van der Waals surface area (Å²) in [6, 6.07) is 4.67. The van der Waals surface area contributed by atoms with Gasteiger partial charge in [-0.1, -0.05) is 0 Å². The van der Waals surface area contributed by atoms with Crippen LogP contribution >= 0.6 is 11.3 Å². The maximum Gasteiger partial charge on any atom is 0.127 e. The van der Waals surface area contributed by atoms with E-state index in [-0.39, 0.29) is 5.82 Å². The summed E-state index contributed by atoms with van der Waals surface area (Å²) in [7, 11) is 0. The Morgan fingerprint density at radius 3 is 2.94 bits per heavy atom. The summed E-state index contributed by atoms with van der Waals surface area (Å²) in [6.07, 6.45) is 2.39. The third-order valence-corrected chi connectivity index (χ3v) is 2.98. The lowest BCUT2D eigenvalue weighted by Gasteiger charge is -2.07. The summed E-state index contributed by atoms with van der Waals surface area (Å²) in [4.78, 5) is 4.96. The molecule has 0 atom stereocenters. The Morgan fingerprint density at radius 2 is 2.24 bits per heavy atom. The molecule has 0 aliphatic carbocycles. The molecule has 0 saturated carbocycles. The van der Waals surface area contributed by atoms with Crippen LogP contribution in [0.15, 0.2) is 29.9 Å². The highest BCUT2D eigenvalue weighted by Gasteiger charge is 2.02. The minimum absolute atomic E-state index is 0.296. The summed E-state index contributed by atoms with van der Waals surface area (Å²) in [6.45, 7) is 0.911. The highest BCUT2D eigenvalue weighted by atomic mass is 32.1. The molecular formula is C12H13FN2OS. The third-order valence-electron chi connectivity index (χ3n) is 2.23. The molecular weight excluding hydrogens is 239 g/mol. The van der Waals surface area contributed by atoms with Gasteiger partial charge in [0.15, 0.2) is 0 Å². The zero-order chi connectivity index (χ0) is 12.1. The molecule has 2 N–H and O–H groups in total. The number of hydrogen-bond acceptors (Lipinski definition) is 4. The fourth-order valence-electron chi connectivity index (χ4n) is 1.48. The Morgan fingerprint density at radius 1 is 1.35 bits per heavy atom. The maximum absolute atomic E-state index is 13.3. The summed E-state index contributed by atoms with van der Waals surface area (Å²) >= 11 is 1.51. The van der Waals surface area contributed by atoms with Crippen molar-refractivity contribution in [2.45, 2.75) is 13.0 Å². The fourth-order valence-corrected chi connectivity index (χ4v) is 1.99. The summed E-state index contributed by atoms with van der Waals surface area (Å²) in [5.74, 6) is 0.233. The number of thiazole rings is 1. The molecule has 2 aromatic rings. The van der Waals surface area contributed by atoms with Gasteiger partial charge in [0.1, 0.15) is 18.2 Å². The molecule has 0 aliphatic heterocycles. The van der Waals surface area contributed by atoms with Crippen LogP contribution < -0.4 is 10.5 Å². The number of nitrogens with zero attached hydrogens (tertiary/aromatic N) is 1. The second-order valence-electron chi connectivity index (χ2n) is 3.59. The summed E-state index contributed by atoms with van der Waals surface area (Å²) in [5.41, 5.74) is 8.04. The van der Waals surface area contributed by atoms with E-state index in [0.717, 1.165) is 10.4 Å². The molecule has 0 aliphatic rings. The van der Waals surface area contributed by atoms with Crippen molar-refractivity contribution < 1.29 is 9.13 Å². The molecule has 1 heterocycles. The molecule has 3 nitrogen and oxygen atoms in total. The van der Waals surface area contributed by atoms with Gasteiger partial charge in [0.25, 0.3) is 0 Å². The molecule has 0 amide bonds. The Bertz CT molecular complexity index is 473. The number of nitrogens with two attached hydrogens (primary N) is 1. The molecule has 0 bridgehead atoms. The highest BCUT2D eigenvalue weighted by Crippen LogP contribution is 2.18. The van der Waals surface area contributed by atoms with Gasteiger partial charge in [-0.25, -0.2) is 4.39 Å². The van der Waals surface area contributed by atoms with Crippen molar-refractivity contribution in [2.24, 2.45) is 5.73 Å². The first-order valence-corrected chi connectivity index (χ1v) is 6.15. The Hall–Kier alpha value is -1.46. The monoisotopic (exact) mass is 252 g/mol. The van der Waals surface area contributed by atoms with E-state index in [2.05, 4.69) is 4.98 Å². The first kappa shape index (κ1) is 12.0. The Balaban J connectivity index is 2.04. The van der Waals surface area contributed by atoms with Crippen LogP contribution in [0.4, 0.5) is 4.39 Å². The SMILES string of the molecule is NCCc1cc(F)cc(OCc2cncs2)c1. The van der Waals surface area contributed by atoms with Crippen LogP contribution in [-0.2, 0) is 13.0 Å². The van der Waals surface area contributed by atoms with Crippen molar-refractivity contribution in [2.75, 3.05) is 6.54 Å². The van der Waals surface area contributed by atoms with Crippen LogP contribution in [0.3, 0.4) is 0 Å². The third kappa shape index (κ3) is 3.51. The lowest BCUT2D eigenvalue weighted by molar-refractivity contribution is 0.307. The number of hydrogen-bond donors (Lipinski definition) is 1. The molecule has 0 saturated heterocycles. The first-order chi connectivity index (χ1) is 8.28. The van der Waals surface area contributed by atoms with Crippen LogP contribution in [0.25, 0.3) is 0 Å². The van der Waals surface area contributed by atoms with Crippen molar-refractivity contribution in [3.8, 4) is 5.75 Å². The van der Waals surface area contributed by atoms with Gasteiger partial charge in [0.2, 0.25) is 0 Å². The maximum atomic E-state index is 13.3. The average molecular weight is 252 g/mol. The molecule has 0 fully saturated rings. The highest BCUT2D eigenvalue weighted by molar-refractivity contribution is 7.09. The van der Waals surface area contributed by atoms with E-state index in [0.29, 0.717) is 25.3 Å². The van der Waals surface area contributed by atoms with Gasteiger partial charge in [-0.15, -0.1) is 11.3 Å². The van der Waals surface area contributed by atoms with Gasteiger partial charge in [-0.05, 0) is 30.7 Å². The average Bonchev–Trinajstić information content (AvgIpc) is 2.79. The zero-order valence-corrected chi connectivity index (χ0v) is 10.0. The van der Waals surface area contributed by atoms with Gasteiger partial charge in [0.05, 0.1) is 10.4 Å². The predicted molar refractivity (Wildman–Crippen MR) is 65.6 cm³/mol. The molecule has 90 valence electrons. The largest absolute Gasteiger partial charge is 0.488 e. The second kappa shape index (κ2) is 5.75. The standard InChI is InChI=1S/C12H13FN2OS/c13-10-3-9(1-2-14)4-11(5-10)16-7-12-6-15-8-17-12/h3-6,8H,1-2,7,14H2. The van der Waals surface area contributed by atoms with E-state index in [1.165, 1.54) is 23.5 Å². The van der Waals surface area contributed by atoms with Gasteiger partial charge in [0, 0.05) is 12.3 Å². The van der Waals surface area contributed by atoms with E-state index >= 15 is 0 Å². The van der Waals surface area contributed by atoms with Gasteiger partial charge >= 0.3 is 0 Å². The van der Waals surface area contributed by atoms with Crippen LogP contribution in [0.1, 0.15) is 10.4 Å². The second-order valence-corrected chi connectivity index (χ2v) is 4.56. The molecule has 0 spiro atoms. The minimum atomic E-state index is -0.296. The number of rotatable bonds is 5. The number of ether oxygens (including phenoxy) is 1. The lowest BCUT2D eigenvalue weighted by atomic mass is 10.1. The van der Waals surface area contributed by atoms with Crippen molar-refractivity contribution in [3.05, 3.63) is 46.2 Å².